The van der Waals surface area contributed by atoms with Crippen molar-refractivity contribution in [3.05, 3.63) is 0 Å². The molecule has 1 heterocycles. The van der Waals surface area contributed by atoms with Crippen molar-refractivity contribution in [2.45, 2.75) is 45.1 Å². The highest BCUT2D eigenvalue weighted by Crippen LogP contribution is 2.19. The van der Waals surface area contributed by atoms with Gasteiger partial charge in [0.2, 0.25) is 0 Å². The Hall–Kier alpha value is -1.70. The van der Waals surface area contributed by atoms with Crippen molar-refractivity contribution in [2.75, 3.05) is 13.1 Å². The van der Waals surface area contributed by atoms with Crippen molar-refractivity contribution in [1.29, 1.82) is 0 Å². The van der Waals surface area contributed by atoms with Crippen LogP contribution in [0, 0.1) is 18.3 Å². The Morgan fingerprint density at radius 1 is 1.58 bits per heavy atom. The standard InChI is InChI=1S/C14H22N2O3/c1-3-6-12(4-2)15-14(19)16-8-5-7-11(10-16)9-13(17)18/h1,11-12H,4-10H2,2H3,(H,15,19)(H,17,18). The summed E-state index contributed by atoms with van der Waals surface area (Å²) in [6.45, 7) is 3.19. The van der Waals surface area contributed by atoms with Gasteiger partial charge >= 0.3 is 12.0 Å². The van der Waals surface area contributed by atoms with Crippen molar-refractivity contribution in [3.8, 4) is 12.3 Å². The summed E-state index contributed by atoms with van der Waals surface area (Å²) in [5.41, 5.74) is 0. The first-order valence-electron chi connectivity index (χ1n) is 6.77. The zero-order valence-corrected chi connectivity index (χ0v) is 11.4. The van der Waals surface area contributed by atoms with E-state index in [4.69, 9.17) is 11.5 Å². The van der Waals surface area contributed by atoms with Crippen LogP contribution in [-0.4, -0.2) is 41.1 Å². The van der Waals surface area contributed by atoms with Crippen LogP contribution in [0.15, 0.2) is 0 Å². The average Bonchev–Trinajstić information content (AvgIpc) is 2.37. The van der Waals surface area contributed by atoms with Gasteiger partial charge < -0.3 is 15.3 Å². The Morgan fingerprint density at radius 3 is 2.89 bits per heavy atom. The lowest BCUT2D eigenvalue weighted by Gasteiger charge is -2.33. The molecule has 5 heteroatoms. The van der Waals surface area contributed by atoms with Crippen molar-refractivity contribution >= 4 is 12.0 Å². The molecule has 1 aliphatic heterocycles. The van der Waals surface area contributed by atoms with Crippen LogP contribution in [0.5, 0.6) is 0 Å². The number of aliphatic carboxylic acids is 1. The van der Waals surface area contributed by atoms with Gasteiger partial charge in [0.25, 0.3) is 0 Å². The van der Waals surface area contributed by atoms with E-state index in [0.717, 1.165) is 19.3 Å². The molecule has 0 aromatic heterocycles. The number of urea groups is 1. The van der Waals surface area contributed by atoms with Crippen molar-refractivity contribution < 1.29 is 14.7 Å². The molecule has 0 aromatic rings. The summed E-state index contributed by atoms with van der Waals surface area (Å²) < 4.78 is 0. The third kappa shape index (κ3) is 5.21. The largest absolute Gasteiger partial charge is 0.481 e. The van der Waals surface area contributed by atoms with Gasteiger partial charge in [-0.1, -0.05) is 6.92 Å². The quantitative estimate of drug-likeness (QED) is 0.744. The third-order valence-electron chi connectivity index (χ3n) is 3.45. The summed E-state index contributed by atoms with van der Waals surface area (Å²) in [5.74, 6) is 1.81. The van der Waals surface area contributed by atoms with Crippen LogP contribution >= 0.6 is 0 Å². The summed E-state index contributed by atoms with van der Waals surface area (Å²) in [6, 6.07) is -0.130. The lowest BCUT2D eigenvalue weighted by molar-refractivity contribution is -0.138. The van der Waals surface area contributed by atoms with Gasteiger partial charge in [0.15, 0.2) is 0 Å². The maximum atomic E-state index is 12.1. The minimum absolute atomic E-state index is 0.00245. The molecule has 5 nitrogen and oxygen atoms in total. The van der Waals surface area contributed by atoms with E-state index < -0.39 is 5.97 Å². The first-order valence-corrected chi connectivity index (χ1v) is 6.77. The molecular formula is C14H22N2O3. The number of nitrogens with zero attached hydrogens (tertiary/aromatic N) is 1. The molecule has 1 aliphatic rings. The number of carbonyl (C=O) groups is 2. The first-order chi connectivity index (χ1) is 9.06. The zero-order chi connectivity index (χ0) is 14.3. The topological polar surface area (TPSA) is 69.6 Å². The van der Waals surface area contributed by atoms with Crippen LogP contribution in [-0.2, 0) is 4.79 Å². The van der Waals surface area contributed by atoms with Crippen LogP contribution in [0.1, 0.15) is 39.0 Å². The van der Waals surface area contributed by atoms with Crippen LogP contribution < -0.4 is 5.32 Å². The van der Waals surface area contributed by atoms with Gasteiger partial charge in [-0.2, -0.15) is 0 Å². The molecule has 0 aliphatic carbocycles. The molecule has 1 saturated heterocycles. The summed E-state index contributed by atoms with van der Waals surface area (Å²) in [4.78, 5) is 24.5. The van der Waals surface area contributed by atoms with E-state index in [9.17, 15) is 9.59 Å². The second-order valence-electron chi connectivity index (χ2n) is 5.02. The molecule has 0 aromatic carbocycles. The number of amides is 2. The van der Waals surface area contributed by atoms with Gasteiger partial charge in [0.1, 0.15) is 0 Å². The smallest absolute Gasteiger partial charge is 0.317 e. The fraction of sp³-hybridized carbons (Fsp3) is 0.714. The van der Waals surface area contributed by atoms with Gasteiger partial charge in [-0.15, -0.1) is 12.3 Å². The number of hydrogen-bond acceptors (Lipinski definition) is 2. The summed E-state index contributed by atoms with van der Waals surface area (Å²) in [5, 5.41) is 11.7. The Morgan fingerprint density at radius 2 is 2.32 bits per heavy atom. The van der Waals surface area contributed by atoms with Crippen LogP contribution in [0.2, 0.25) is 0 Å². The minimum Gasteiger partial charge on any atom is -0.481 e. The highest BCUT2D eigenvalue weighted by molar-refractivity contribution is 5.75. The fourth-order valence-electron chi connectivity index (χ4n) is 2.37. The molecule has 2 unspecified atom stereocenters. The van der Waals surface area contributed by atoms with Crippen molar-refractivity contribution in [3.63, 3.8) is 0 Å². The number of carbonyl (C=O) groups excluding carboxylic acids is 1. The number of likely N-dealkylation sites (tertiary alicyclic amines) is 1. The van der Waals surface area contributed by atoms with Crippen LogP contribution in [0.4, 0.5) is 4.79 Å². The summed E-state index contributed by atoms with van der Waals surface area (Å²) in [7, 11) is 0. The summed E-state index contributed by atoms with van der Waals surface area (Å²) >= 11 is 0. The third-order valence-corrected chi connectivity index (χ3v) is 3.45. The number of carboxylic acids is 1. The molecule has 19 heavy (non-hydrogen) atoms. The molecule has 1 rings (SSSR count). The number of piperidine rings is 1. The Bertz CT molecular complexity index is 362. The highest BCUT2D eigenvalue weighted by atomic mass is 16.4. The van der Waals surface area contributed by atoms with E-state index in [1.807, 2.05) is 6.92 Å². The fourth-order valence-corrected chi connectivity index (χ4v) is 2.37. The number of rotatable bonds is 5. The molecule has 106 valence electrons. The lowest BCUT2D eigenvalue weighted by Crippen LogP contribution is -2.48. The normalized spacial score (nSPS) is 20.4. The zero-order valence-electron chi connectivity index (χ0n) is 11.4. The Kier molecular flexibility index (Phi) is 6.20. The van der Waals surface area contributed by atoms with Crippen LogP contribution in [0.3, 0.4) is 0 Å². The Labute approximate surface area is 114 Å². The van der Waals surface area contributed by atoms with E-state index in [1.165, 1.54) is 0 Å². The monoisotopic (exact) mass is 266 g/mol. The van der Waals surface area contributed by atoms with Crippen LogP contribution in [0.25, 0.3) is 0 Å². The molecule has 2 atom stereocenters. The van der Waals surface area contributed by atoms with Gasteiger partial charge in [0, 0.05) is 32.0 Å². The number of terminal acetylenes is 1. The highest BCUT2D eigenvalue weighted by Gasteiger charge is 2.25. The molecule has 0 saturated carbocycles. The van der Waals surface area contributed by atoms with E-state index in [0.29, 0.717) is 19.5 Å². The molecular weight excluding hydrogens is 244 g/mol. The molecule has 0 spiro atoms. The van der Waals surface area contributed by atoms with Gasteiger partial charge in [0.05, 0.1) is 0 Å². The van der Waals surface area contributed by atoms with E-state index in [2.05, 4.69) is 11.2 Å². The number of carboxylic acid groups (broad SMARTS) is 1. The molecule has 2 amide bonds. The minimum atomic E-state index is -0.800. The van der Waals surface area contributed by atoms with E-state index in [-0.39, 0.29) is 24.4 Å². The maximum absolute atomic E-state index is 12.1. The Balaban J connectivity index is 2.47. The number of nitrogens with one attached hydrogen (secondary N) is 1. The second-order valence-corrected chi connectivity index (χ2v) is 5.02. The predicted molar refractivity (Wildman–Crippen MR) is 72.6 cm³/mol. The number of hydrogen-bond donors (Lipinski definition) is 2. The lowest BCUT2D eigenvalue weighted by atomic mass is 9.95. The second kappa shape index (κ2) is 7.67. The first kappa shape index (κ1) is 15.4. The molecule has 0 radical (unpaired) electrons. The van der Waals surface area contributed by atoms with Crippen molar-refractivity contribution in [1.82, 2.24) is 10.2 Å². The predicted octanol–water partition coefficient (Wildman–Crippen LogP) is 1.68. The van der Waals surface area contributed by atoms with E-state index in [1.54, 1.807) is 4.90 Å². The summed E-state index contributed by atoms with van der Waals surface area (Å²) in [6.07, 6.45) is 8.43. The molecule has 2 N–H and O–H groups in total. The SMILES string of the molecule is C#CCC(CC)NC(=O)N1CCCC(CC(=O)O)C1. The average molecular weight is 266 g/mol. The van der Waals surface area contributed by atoms with Crippen molar-refractivity contribution in [2.24, 2.45) is 5.92 Å². The molecule has 0 bridgehead atoms. The van der Waals surface area contributed by atoms with Gasteiger partial charge in [-0.25, -0.2) is 4.79 Å². The molecule has 1 fully saturated rings. The maximum Gasteiger partial charge on any atom is 0.317 e. The van der Waals surface area contributed by atoms with E-state index >= 15 is 0 Å². The van der Waals surface area contributed by atoms with Gasteiger partial charge in [-0.05, 0) is 25.2 Å². The van der Waals surface area contributed by atoms with Gasteiger partial charge in [-0.3, -0.25) is 4.79 Å².